The van der Waals surface area contributed by atoms with Crippen molar-refractivity contribution in [2.75, 3.05) is 39.8 Å². The molecule has 9 nitrogen and oxygen atoms in total. The van der Waals surface area contributed by atoms with Gasteiger partial charge in [0.25, 0.3) is 0 Å². The fraction of sp³-hybridized carbons (Fsp3) is 0.583. The van der Waals surface area contributed by atoms with Crippen LogP contribution in [0.15, 0.2) is 24.3 Å². The molecule has 4 rings (SSSR count). The zero-order valence-electron chi connectivity index (χ0n) is 19.3. The number of hydrogen-bond donors (Lipinski definition) is 3. The van der Waals surface area contributed by atoms with E-state index in [1.54, 1.807) is 17.0 Å². The number of piperidine rings is 2. The molecule has 3 saturated heterocycles. The number of carboxylic acid groups (broad SMARTS) is 1. The summed E-state index contributed by atoms with van der Waals surface area (Å²) in [5.41, 5.74) is -0.368. The van der Waals surface area contributed by atoms with E-state index in [9.17, 15) is 24.3 Å². The van der Waals surface area contributed by atoms with E-state index in [-0.39, 0.29) is 41.9 Å². The molecule has 3 fully saturated rings. The third-order valence-corrected chi connectivity index (χ3v) is 7.95. The minimum absolute atomic E-state index is 0.0184. The molecule has 0 aliphatic carbocycles. The lowest BCUT2D eigenvalue weighted by molar-refractivity contribution is -0.142. The zero-order chi connectivity index (χ0) is 24.5. The fourth-order valence-electron chi connectivity index (χ4n) is 5.65. The fourth-order valence-corrected chi connectivity index (χ4v) is 5.78. The first-order chi connectivity index (χ1) is 16.2. The number of rotatable bonds is 5. The second-order valence-electron chi connectivity index (χ2n) is 9.50. The molecule has 1 aromatic rings. The third kappa shape index (κ3) is 4.51. The number of likely N-dealkylation sites (N-methyl/N-ethyl adjacent to an activating group) is 1. The Balaban J connectivity index is 1.51. The van der Waals surface area contributed by atoms with Crippen molar-refractivity contribution >= 4 is 35.3 Å². The highest BCUT2D eigenvalue weighted by molar-refractivity contribution is 6.30. The summed E-state index contributed by atoms with van der Waals surface area (Å²) in [6, 6.07) is 7.20. The maximum atomic E-state index is 14.0. The van der Waals surface area contributed by atoms with Crippen LogP contribution >= 0.6 is 11.6 Å². The van der Waals surface area contributed by atoms with Gasteiger partial charge in [-0.15, -0.1) is 0 Å². The lowest BCUT2D eigenvalue weighted by atomic mass is 9.72. The molecule has 3 heterocycles. The van der Waals surface area contributed by atoms with Crippen LogP contribution in [-0.2, 0) is 14.4 Å². The molecule has 3 N–H and O–H groups in total. The van der Waals surface area contributed by atoms with Gasteiger partial charge < -0.3 is 20.6 Å². The highest BCUT2D eigenvalue weighted by atomic mass is 35.5. The van der Waals surface area contributed by atoms with E-state index in [1.165, 1.54) is 7.05 Å². The number of benzene rings is 1. The van der Waals surface area contributed by atoms with Gasteiger partial charge >= 0.3 is 6.09 Å². The van der Waals surface area contributed by atoms with Crippen LogP contribution in [0.3, 0.4) is 0 Å². The summed E-state index contributed by atoms with van der Waals surface area (Å²) in [5.74, 6) is -1.01. The highest BCUT2D eigenvalue weighted by Crippen LogP contribution is 2.41. The SMILES string of the molecule is CN(C(=O)O)[C@]1(C(=O)C2CCN(C(=O)C3CCC(=O)NC3)CC2)CNC[C@H]1c1ccc(Cl)cc1. The van der Waals surface area contributed by atoms with Crippen LogP contribution in [0.4, 0.5) is 4.79 Å². The topological polar surface area (TPSA) is 119 Å². The maximum absolute atomic E-state index is 14.0. The largest absolute Gasteiger partial charge is 0.465 e. The second kappa shape index (κ2) is 9.92. The molecule has 1 aromatic carbocycles. The molecule has 3 atom stereocenters. The number of amides is 3. The van der Waals surface area contributed by atoms with Gasteiger partial charge in [-0.3, -0.25) is 19.3 Å². The first-order valence-corrected chi connectivity index (χ1v) is 12.1. The molecule has 184 valence electrons. The van der Waals surface area contributed by atoms with Crippen LogP contribution in [0.25, 0.3) is 0 Å². The Morgan fingerprint density at radius 3 is 2.35 bits per heavy atom. The first-order valence-electron chi connectivity index (χ1n) is 11.8. The van der Waals surface area contributed by atoms with Gasteiger partial charge in [-0.05, 0) is 37.0 Å². The van der Waals surface area contributed by atoms with Crippen molar-refractivity contribution in [3.63, 3.8) is 0 Å². The van der Waals surface area contributed by atoms with Crippen LogP contribution in [0.1, 0.15) is 37.2 Å². The van der Waals surface area contributed by atoms with Gasteiger partial charge in [0.05, 0.1) is 5.92 Å². The number of carbonyl (C=O) groups is 4. The first kappa shape index (κ1) is 24.5. The molecule has 0 spiro atoms. The minimum atomic E-state index is -1.23. The van der Waals surface area contributed by atoms with Gasteiger partial charge in [-0.25, -0.2) is 4.79 Å². The van der Waals surface area contributed by atoms with Crippen molar-refractivity contribution in [1.82, 2.24) is 20.4 Å². The number of halogens is 1. The van der Waals surface area contributed by atoms with Gasteiger partial charge in [0.1, 0.15) is 5.54 Å². The highest BCUT2D eigenvalue weighted by Gasteiger charge is 2.56. The smallest absolute Gasteiger partial charge is 0.407 e. The lowest BCUT2D eigenvalue weighted by Gasteiger charge is -2.44. The van der Waals surface area contributed by atoms with Gasteiger partial charge in [0.15, 0.2) is 5.78 Å². The van der Waals surface area contributed by atoms with E-state index >= 15 is 0 Å². The summed E-state index contributed by atoms with van der Waals surface area (Å²) in [6.07, 6.45) is 0.736. The van der Waals surface area contributed by atoms with Gasteiger partial charge in [-0.2, -0.15) is 0 Å². The Morgan fingerprint density at radius 2 is 1.76 bits per heavy atom. The molecule has 3 amide bonds. The van der Waals surface area contributed by atoms with Crippen LogP contribution in [0, 0.1) is 11.8 Å². The molecule has 3 aliphatic heterocycles. The van der Waals surface area contributed by atoms with Gasteiger partial charge in [0, 0.05) is 63.1 Å². The number of ketones is 1. The molecule has 3 aliphatic rings. The number of nitrogens with zero attached hydrogens (tertiary/aromatic N) is 2. The Kier molecular flexibility index (Phi) is 7.14. The van der Waals surface area contributed by atoms with Gasteiger partial charge in [0.2, 0.25) is 11.8 Å². The lowest BCUT2D eigenvalue weighted by Crippen LogP contribution is -2.62. The van der Waals surface area contributed by atoms with Crippen LogP contribution < -0.4 is 10.6 Å². The Morgan fingerprint density at radius 1 is 1.09 bits per heavy atom. The standard InChI is InChI=1S/C24H31ClN4O5/c1-28(23(33)34)24(14-26-13-19(24)15-2-5-18(25)6-3-15)21(31)16-8-10-29(11-9-16)22(32)17-4-7-20(30)27-12-17/h2-3,5-6,16-17,19,26H,4,7-14H2,1H3,(H,27,30)(H,33,34)/t17?,19-,24+/m0/s1. The molecular weight excluding hydrogens is 460 g/mol. The number of hydrogen-bond acceptors (Lipinski definition) is 5. The second-order valence-corrected chi connectivity index (χ2v) is 9.94. The Labute approximate surface area is 203 Å². The molecule has 0 bridgehead atoms. The summed E-state index contributed by atoms with van der Waals surface area (Å²) in [7, 11) is 1.46. The van der Waals surface area contributed by atoms with Crippen LogP contribution in [0.5, 0.6) is 0 Å². The quantitative estimate of drug-likeness (QED) is 0.578. The van der Waals surface area contributed by atoms with E-state index in [1.807, 2.05) is 12.1 Å². The van der Waals surface area contributed by atoms with Gasteiger partial charge in [-0.1, -0.05) is 23.7 Å². The number of nitrogens with one attached hydrogen (secondary N) is 2. The van der Waals surface area contributed by atoms with Crippen molar-refractivity contribution in [2.24, 2.45) is 11.8 Å². The monoisotopic (exact) mass is 490 g/mol. The van der Waals surface area contributed by atoms with E-state index in [2.05, 4.69) is 10.6 Å². The number of likely N-dealkylation sites (tertiary alicyclic amines) is 1. The summed E-state index contributed by atoms with van der Waals surface area (Å²) in [5, 5.41) is 16.5. The average molecular weight is 491 g/mol. The minimum Gasteiger partial charge on any atom is -0.465 e. The van der Waals surface area contributed by atoms with E-state index < -0.39 is 11.6 Å². The van der Waals surface area contributed by atoms with Crippen molar-refractivity contribution in [3.05, 3.63) is 34.9 Å². The predicted octanol–water partition coefficient (Wildman–Crippen LogP) is 1.71. The van der Waals surface area contributed by atoms with E-state index in [4.69, 9.17) is 11.6 Å². The predicted molar refractivity (Wildman–Crippen MR) is 126 cm³/mol. The van der Waals surface area contributed by atoms with E-state index in [0.29, 0.717) is 56.9 Å². The Bertz CT molecular complexity index is 953. The summed E-state index contributed by atoms with van der Waals surface area (Å²) < 4.78 is 0. The molecule has 1 unspecified atom stereocenters. The molecule has 0 radical (unpaired) electrons. The maximum Gasteiger partial charge on any atom is 0.407 e. The van der Waals surface area contributed by atoms with E-state index in [0.717, 1.165) is 10.5 Å². The molecule has 0 aromatic heterocycles. The third-order valence-electron chi connectivity index (χ3n) is 7.70. The molecular formula is C24H31ClN4O5. The molecule has 0 saturated carbocycles. The summed E-state index contributed by atoms with van der Waals surface area (Å²) in [6.45, 7) is 1.98. The summed E-state index contributed by atoms with van der Waals surface area (Å²) >= 11 is 6.05. The average Bonchev–Trinajstić information content (AvgIpc) is 3.29. The molecule has 34 heavy (non-hydrogen) atoms. The van der Waals surface area contributed by atoms with Crippen LogP contribution in [-0.4, -0.2) is 83.9 Å². The number of carbonyl (C=O) groups excluding carboxylic acids is 3. The summed E-state index contributed by atoms with van der Waals surface area (Å²) in [4.78, 5) is 53.3. The van der Waals surface area contributed by atoms with Crippen molar-refractivity contribution in [3.8, 4) is 0 Å². The molecule has 10 heteroatoms. The zero-order valence-corrected chi connectivity index (χ0v) is 20.0. The van der Waals surface area contributed by atoms with Crippen molar-refractivity contribution < 1.29 is 24.3 Å². The number of Topliss-reactive ketones (excluding diaryl/α,β-unsaturated/α-hetero) is 1. The normalized spacial score (nSPS) is 27.8. The van der Waals surface area contributed by atoms with Crippen LogP contribution in [0.2, 0.25) is 5.02 Å². The van der Waals surface area contributed by atoms with Crippen molar-refractivity contribution in [1.29, 1.82) is 0 Å². The van der Waals surface area contributed by atoms with Crippen molar-refractivity contribution in [2.45, 2.75) is 37.1 Å². The Hall–Kier alpha value is -2.65.